The molecule has 0 aliphatic carbocycles. The Morgan fingerprint density at radius 1 is 1.21 bits per heavy atom. The average Bonchev–Trinajstić information content (AvgIpc) is 2.30. The number of aryl methyl sites for hydroxylation is 2. The van der Waals surface area contributed by atoms with Crippen LogP contribution in [-0.4, -0.2) is 21.2 Å². The number of benzene rings is 1. The molecule has 0 unspecified atom stereocenters. The van der Waals surface area contributed by atoms with Crippen molar-refractivity contribution in [1.29, 1.82) is 0 Å². The van der Waals surface area contributed by atoms with Crippen LogP contribution in [0.1, 0.15) is 22.3 Å². The molecule has 2 nitrogen and oxygen atoms in total. The number of rotatable bonds is 2. The van der Waals surface area contributed by atoms with Crippen molar-refractivity contribution in [3.63, 3.8) is 0 Å². The van der Waals surface area contributed by atoms with Crippen molar-refractivity contribution in [1.82, 2.24) is 0 Å². The molecule has 0 spiro atoms. The maximum Gasteiger partial charge on any atom is 0.309 e. The minimum absolute atomic E-state index is 0.202. The highest BCUT2D eigenvalue weighted by Gasteiger charge is 2.11. The molecular weight excluding hydrogens is 252 g/mol. The summed E-state index contributed by atoms with van der Waals surface area (Å²) in [6, 6.07) is 4.11. The van der Waals surface area contributed by atoms with Crippen molar-refractivity contribution in [3.05, 3.63) is 34.4 Å². The molecule has 0 heterocycles. The highest BCUT2D eigenvalue weighted by molar-refractivity contribution is 6.83. The van der Waals surface area contributed by atoms with Gasteiger partial charge in [-0.3, -0.25) is 4.79 Å². The van der Waals surface area contributed by atoms with Crippen molar-refractivity contribution in [2.75, 3.05) is 7.11 Å². The number of carbonyl (C=O) groups excluding carboxylic acids is 1. The molecule has 0 saturated carbocycles. The van der Waals surface area contributed by atoms with Crippen molar-refractivity contribution in [2.45, 2.75) is 39.9 Å². The Labute approximate surface area is 117 Å². The van der Waals surface area contributed by atoms with Gasteiger partial charge in [-0.1, -0.05) is 25.6 Å². The maximum atomic E-state index is 11.4. The molecule has 0 atom stereocenters. The van der Waals surface area contributed by atoms with Crippen LogP contribution in [0.2, 0.25) is 19.6 Å². The van der Waals surface area contributed by atoms with E-state index < -0.39 is 8.07 Å². The zero-order valence-corrected chi connectivity index (χ0v) is 13.7. The quantitative estimate of drug-likeness (QED) is 0.470. The lowest BCUT2D eigenvalue weighted by molar-refractivity contribution is -0.139. The molecule has 3 heteroatoms. The van der Waals surface area contributed by atoms with Crippen molar-refractivity contribution in [3.8, 4) is 11.5 Å². The molecule has 0 N–H and O–H groups in total. The third-order valence-electron chi connectivity index (χ3n) is 2.83. The van der Waals surface area contributed by atoms with Crippen LogP contribution >= 0.6 is 0 Å². The van der Waals surface area contributed by atoms with Gasteiger partial charge in [0.25, 0.3) is 0 Å². The average molecular weight is 274 g/mol. The summed E-state index contributed by atoms with van der Waals surface area (Å²) >= 11 is 0. The second-order valence-electron chi connectivity index (χ2n) is 5.84. The summed E-state index contributed by atoms with van der Waals surface area (Å²) in [7, 11) is 0.0619. The highest BCUT2D eigenvalue weighted by Crippen LogP contribution is 2.17. The van der Waals surface area contributed by atoms with E-state index >= 15 is 0 Å². The molecule has 0 radical (unpaired) electrons. The van der Waals surface area contributed by atoms with Gasteiger partial charge in [0.1, 0.15) is 8.07 Å². The minimum atomic E-state index is -1.36. The number of ether oxygens (including phenoxy) is 1. The van der Waals surface area contributed by atoms with Gasteiger partial charge in [-0.25, -0.2) is 0 Å². The maximum absolute atomic E-state index is 11.4. The van der Waals surface area contributed by atoms with Crippen LogP contribution in [0.4, 0.5) is 0 Å². The molecule has 1 aromatic rings. The van der Waals surface area contributed by atoms with Crippen LogP contribution in [0, 0.1) is 25.3 Å². The normalized spacial score (nSPS) is 10.6. The second-order valence-corrected chi connectivity index (χ2v) is 10.6. The molecule has 0 fully saturated rings. The van der Waals surface area contributed by atoms with Gasteiger partial charge < -0.3 is 4.74 Å². The van der Waals surface area contributed by atoms with E-state index in [0.717, 1.165) is 22.3 Å². The first-order valence-electron chi connectivity index (χ1n) is 6.43. The molecule has 1 aromatic carbocycles. The zero-order chi connectivity index (χ0) is 14.6. The Morgan fingerprint density at radius 3 is 2.16 bits per heavy atom. The smallest absolute Gasteiger partial charge is 0.309 e. The molecule has 0 saturated heterocycles. The van der Waals surface area contributed by atoms with Gasteiger partial charge in [0.2, 0.25) is 0 Å². The SMILES string of the molecule is COC(=O)Cc1c(C)cc(C#C[Si](C)(C)C)cc1C. The van der Waals surface area contributed by atoms with E-state index in [1.54, 1.807) is 0 Å². The molecule has 19 heavy (non-hydrogen) atoms. The fourth-order valence-electron chi connectivity index (χ4n) is 1.82. The van der Waals surface area contributed by atoms with Crippen molar-refractivity contribution < 1.29 is 9.53 Å². The third-order valence-corrected chi connectivity index (χ3v) is 3.70. The van der Waals surface area contributed by atoms with E-state index in [4.69, 9.17) is 4.74 Å². The van der Waals surface area contributed by atoms with Crippen LogP contribution in [0.5, 0.6) is 0 Å². The predicted octanol–water partition coefficient (Wildman–Crippen LogP) is 3.25. The van der Waals surface area contributed by atoms with Crippen LogP contribution in [0.3, 0.4) is 0 Å². The topological polar surface area (TPSA) is 26.3 Å². The second kappa shape index (κ2) is 6.07. The molecule has 102 valence electrons. The largest absolute Gasteiger partial charge is 0.469 e. The number of hydrogen-bond donors (Lipinski definition) is 0. The fraction of sp³-hybridized carbons (Fsp3) is 0.438. The first-order valence-corrected chi connectivity index (χ1v) is 9.93. The fourth-order valence-corrected chi connectivity index (χ4v) is 2.34. The van der Waals surface area contributed by atoms with Crippen molar-refractivity contribution in [2.24, 2.45) is 0 Å². The van der Waals surface area contributed by atoms with Gasteiger partial charge >= 0.3 is 5.97 Å². The summed E-state index contributed by atoms with van der Waals surface area (Å²) in [6.45, 7) is 10.7. The van der Waals surface area contributed by atoms with Gasteiger partial charge in [-0.2, -0.15) is 0 Å². The van der Waals surface area contributed by atoms with Crippen LogP contribution in [-0.2, 0) is 16.0 Å². The summed E-state index contributed by atoms with van der Waals surface area (Å²) in [6.07, 6.45) is 0.329. The molecule has 0 aliphatic rings. The van der Waals surface area contributed by atoms with Crippen molar-refractivity contribution >= 4 is 14.0 Å². The molecule has 1 rings (SSSR count). The van der Waals surface area contributed by atoms with Gasteiger partial charge in [0.05, 0.1) is 13.5 Å². The summed E-state index contributed by atoms with van der Waals surface area (Å²) in [5.74, 6) is 3.05. The molecule has 0 aromatic heterocycles. The lowest BCUT2D eigenvalue weighted by Crippen LogP contribution is -2.16. The standard InChI is InChI=1S/C16H22O2Si/c1-12-9-14(7-8-19(4,5)6)10-13(2)15(12)11-16(17)18-3/h9-10H,11H2,1-6H3. The number of hydrogen-bond acceptors (Lipinski definition) is 2. The van der Waals surface area contributed by atoms with E-state index in [9.17, 15) is 4.79 Å². The van der Waals surface area contributed by atoms with Crippen LogP contribution in [0.15, 0.2) is 12.1 Å². The van der Waals surface area contributed by atoms with E-state index in [0.29, 0.717) is 6.42 Å². The van der Waals surface area contributed by atoms with Gasteiger partial charge in [-0.15, -0.1) is 5.54 Å². The molecule has 0 bridgehead atoms. The van der Waals surface area contributed by atoms with E-state index in [-0.39, 0.29) is 5.97 Å². The van der Waals surface area contributed by atoms with Gasteiger partial charge in [0, 0.05) is 5.56 Å². The molecule has 0 aliphatic heterocycles. The number of carbonyl (C=O) groups is 1. The zero-order valence-electron chi connectivity index (χ0n) is 12.7. The highest BCUT2D eigenvalue weighted by atomic mass is 28.3. The summed E-state index contributed by atoms with van der Waals surface area (Å²) in [5.41, 5.74) is 7.65. The summed E-state index contributed by atoms with van der Waals surface area (Å²) < 4.78 is 4.73. The predicted molar refractivity (Wildman–Crippen MR) is 81.9 cm³/mol. The Kier molecular flexibility index (Phi) is 4.96. The third kappa shape index (κ3) is 4.92. The van der Waals surface area contributed by atoms with Crippen LogP contribution in [0.25, 0.3) is 0 Å². The Hall–Kier alpha value is -1.53. The lowest BCUT2D eigenvalue weighted by atomic mass is 9.97. The summed E-state index contributed by atoms with van der Waals surface area (Å²) in [5, 5.41) is 0. The minimum Gasteiger partial charge on any atom is -0.469 e. The monoisotopic (exact) mass is 274 g/mol. The Bertz CT molecular complexity index is 519. The van der Waals surface area contributed by atoms with Crippen LogP contribution < -0.4 is 0 Å². The molecule has 0 amide bonds. The first-order chi connectivity index (χ1) is 8.73. The lowest BCUT2D eigenvalue weighted by Gasteiger charge is -2.10. The first kappa shape index (κ1) is 15.5. The van der Waals surface area contributed by atoms with E-state index in [1.807, 2.05) is 13.8 Å². The van der Waals surface area contributed by atoms with Gasteiger partial charge in [0.15, 0.2) is 0 Å². The Balaban J connectivity index is 3.09. The Morgan fingerprint density at radius 2 is 1.74 bits per heavy atom. The van der Waals surface area contributed by atoms with E-state index in [2.05, 4.69) is 43.2 Å². The summed E-state index contributed by atoms with van der Waals surface area (Å²) in [4.78, 5) is 11.4. The number of methoxy groups -OCH3 is 1. The van der Waals surface area contributed by atoms with E-state index in [1.165, 1.54) is 7.11 Å². The van der Waals surface area contributed by atoms with Gasteiger partial charge in [-0.05, 0) is 42.7 Å². The molecular formula is C16H22O2Si. The number of esters is 1.